The summed E-state index contributed by atoms with van der Waals surface area (Å²) in [4.78, 5) is 58.7. The second-order valence-electron chi connectivity index (χ2n) is 4.93. The van der Waals surface area contributed by atoms with Crippen LogP contribution in [-0.2, 0) is 28.7 Å². The fraction of sp³-hybridized carbons (Fsp3) is 0.267. The van der Waals surface area contributed by atoms with Gasteiger partial charge < -0.3 is 4.74 Å². The van der Waals surface area contributed by atoms with Crippen LogP contribution in [-0.4, -0.2) is 47.5 Å². The maximum atomic E-state index is 12.4. The summed E-state index contributed by atoms with van der Waals surface area (Å²) in [5, 5.41) is 2.09. The van der Waals surface area contributed by atoms with Crippen molar-refractivity contribution in [1.82, 2.24) is 10.2 Å². The zero-order chi connectivity index (χ0) is 17.1. The van der Waals surface area contributed by atoms with Crippen LogP contribution in [0.15, 0.2) is 36.1 Å². The molecule has 0 radical (unpaired) electrons. The third-order valence-electron chi connectivity index (χ3n) is 3.42. The van der Waals surface area contributed by atoms with Crippen LogP contribution in [0.4, 0.5) is 0 Å². The molecule has 1 unspecified atom stereocenters. The van der Waals surface area contributed by atoms with Gasteiger partial charge in [-0.15, -0.1) is 0 Å². The van der Waals surface area contributed by atoms with Crippen molar-refractivity contribution in [2.24, 2.45) is 0 Å². The molecule has 2 aliphatic rings. The molecule has 0 aromatic heterocycles. The number of nitrogens with zero attached hydrogens (tertiary/aromatic N) is 1. The maximum Gasteiger partial charge on any atom is 0.262 e. The molecule has 8 heteroatoms. The predicted molar refractivity (Wildman–Crippen MR) is 76.4 cm³/mol. The number of rotatable bonds is 5. The summed E-state index contributed by atoms with van der Waals surface area (Å²) in [7, 11) is 0. The Morgan fingerprint density at radius 3 is 2.61 bits per heavy atom. The van der Waals surface area contributed by atoms with Crippen LogP contribution in [0, 0.1) is 0 Å². The van der Waals surface area contributed by atoms with Gasteiger partial charge in [-0.2, -0.15) is 0 Å². The van der Waals surface area contributed by atoms with Crippen LogP contribution in [0.5, 0.6) is 0 Å². The summed E-state index contributed by atoms with van der Waals surface area (Å²) in [5.41, 5.74) is -0.161. The van der Waals surface area contributed by atoms with E-state index in [1.54, 1.807) is 0 Å². The van der Waals surface area contributed by atoms with Crippen molar-refractivity contribution in [3.05, 3.63) is 36.1 Å². The minimum absolute atomic E-state index is 0.0134. The molecule has 1 N–H and O–H groups in total. The van der Waals surface area contributed by atoms with Gasteiger partial charge in [-0.3, -0.25) is 34.2 Å². The maximum absolute atomic E-state index is 12.4. The van der Waals surface area contributed by atoms with Gasteiger partial charge in [-0.05, 0) is 12.5 Å². The number of carbonyl (C=O) groups excluding carboxylic acids is 5. The Labute approximate surface area is 131 Å². The number of hydrogen-bond acceptors (Lipinski definition) is 6. The number of imide groups is 2. The lowest BCUT2D eigenvalue weighted by molar-refractivity contribution is -0.149. The second kappa shape index (κ2) is 6.39. The molecule has 23 heavy (non-hydrogen) atoms. The number of ether oxygens (including phenoxy) is 1. The standard InChI is InChI=1S/C15H14N2O6/c1-8(23-6-5-18)7-10-9(2)14(21)17(15(10)22)11-3-4-12(19)16-13(11)20/h5,7,11H,1-4,6H2,(H,16,19,20)/b10-7+. The molecule has 0 bridgehead atoms. The van der Waals surface area contributed by atoms with Gasteiger partial charge in [0.05, 0.1) is 5.57 Å². The molecule has 8 nitrogen and oxygen atoms in total. The highest BCUT2D eigenvalue weighted by Gasteiger charge is 2.45. The molecule has 1 atom stereocenters. The van der Waals surface area contributed by atoms with E-state index in [0.29, 0.717) is 6.29 Å². The van der Waals surface area contributed by atoms with Crippen LogP contribution in [0.25, 0.3) is 0 Å². The average molecular weight is 318 g/mol. The Bertz CT molecular complexity index is 675. The van der Waals surface area contributed by atoms with Crippen molar-refractivity contribution in [2.45, 2.75) is 18.9 Å². The fourth-order valence-corrected chi connectivity index (χ4v) is 2.32. The summed E-state index contributed by atoms with van der Waals surface area (Å²) in [6, 6.07) is -1.06. The van der Waals surface area contributed by atoms with Gasteiger partial charge in [-0.25, -0.2) is 0 Å². The van der Waals surface area contributed by atoms with Crippen molar-refractivity contribution in [1.29, 1.82) is 0 Å². The van der Waals surface area contributed by atoms with Crippen molar-refractivity contribution in [3.63, 3.8) is 0 Å². The number of piperidine rings is 1. The van der Waals surface area contributed by atoms with Crippen LogP contribution >= 0.6 is 0 Å². The molecule has 0 aromatic rings. The Balaban J connectivity index is 2.24. The zero-order valence-electron chi connectivity index (χ0n) is 12.2. The molecule has 120 valence electrons. The van der Waals surface area contributed by atoms with Crippen molar-refractivity contribution < 1.29 is 28.7 Å². The molecular weight excluding hydrogens is 304 g/mol. The third-order valence-corrected chi connectivity index (χ3v) is 3.42. The van der Waals surface area contributed by atoms with Crippen LogP contribution in [0.1, 0.15) is 12.8 Å². The van der Waals surface area contributed by atoms with E-state index < -0.39 is 29.7 Å². The quantitative estimate of drug-likeness (QED) is 0.313. The Hall–Kier alpha value is -3.03. The van der Waals surface area contributed by atoms with Crippen LogP contribution in [0.3, 0.4) is 0 Å². The molecule has 4 amide bonds. The first-order valence-electron chi connectivity index (χ1n) is 6.74. The Morgan fingerprint density at radius 2 is 2.00 bits per heavy atom. The van der Waals surface area contributed by atoms with E-state index in [2.05, 4.69) is 18.5 Å². The lowest BCUT2D eigenvalue weighted by Gasteiger charge is -2.27. The van der Waals surface area contributed by atoms with Crippen molar-refractivity contribution >= 4 is 29.9 Å². The highest BCUT2D eigenvalue weighted by molar-refractivity contribution is 6.26. The molecule has 0 spiro atoms. The number of amides is 4. The van der Waals surface area contributed by atoms with Gasteiger partial charge in [-0.1, -0.05) is 13.2 Å². The molecule has 2 rings (SSSR count). The number of carbonyl (C=O) groups is 5. The first-order chi connectivity index (χ1) is 10.9. The lowest BCUT2D eigenvalue weighted by atomic mass is 10.0. The largest absolute Gasteiger partial charge is 0.487 e. The van der Waals surface area contributed by atoms with Crippen molar-refractivity contribution in [3.8, 4) is 0 Å². The summed E-state index contributed by atoms with van der Waals surface area (Å²) < 4.78 is 4.91. The molecular formula is C15H14N2O6. The van der Waals surface area contributed by atoms with Crippen LogP contribution < -0.4 is 5.32 Å². The topological polar surface area (TPSA) is 110 Å². The van der Waals surface area contributed by atoms with E-state index in [1.807, 2.05) is 0 Å². The van der Waals surface area contributed by atoms with Gasteiger partial charge in [0.15, 0.2) is 6.29 Å². The van der Waals surface area contributed by atoms with Crippen LogP contribution in [0.2, 0.25) is 0 Å². The van der Waals surface area contributed by atoms with Gasteiger partial charge in [0.2, 0.25) is 11.8 Å². The van der Waals surface area contributed by atoms with E-state index in [1.165, 1.54) is 6.08 Å². The molecule has 0 saturated carbocycles. The monoisotopic (exact) mass is 318 g/mol. The van der Waals surface area contributed by atoms with E-state index in [4.69, 9.17) is 4.74 Å². The first kappa shape index (κ1) is 16.3. The van der Waals surface area contributed by atoms with Gasteiger partial charge >= 0.3 is 0 Å². The summed E-state index contributed by atoms with van der Waals surface area (Å²) in [6.45, 7) is 6.81. The smallest absolute Gasteiger partial charge is 0.262 e. The third kappa shape index (κ3) is 3.10. The fourth-order valence-electron chi connectivity index (χ4n) is 2.32. The minimum Gasteiger partial charge on any atom is -0.487 e. The summed E-state index contributed by atoms with van der Waals surface area (Å²) in [6.07, 6.45) is 1.80. The summed E-state index contributed by atoms with van der Waals surface area (Å²) >= 11 is 0. The number of nitrogens with one attached hydrogen (secondary N) is 1. The average Bonchev–Trinajstić information content (AvgIpc) is 2.70. The predicted octanol–water partition coefficient (Wildman–Crippen LogP) is -0.628. The van der Waals surface area contributed by atoms with E-state index in [9.17, 15) is 24.0 Å². The normalized spacial score (nSPS) is 23.3. The van der Waals surface area contributed by atoms with Gasteiger partial charge in [0.25, 0.3) is 11.8 Å². The number of allylic oxidation sites excluding steroid dienone is 1. The number of aldehydes is 1. The highest BCUT2D eigenvalue weighted by Crippen LogP contribution is 2.29. The number of likely N-dealkylation sites (tertiary alicyclic amines) is 1. The minimum atomic E-state index is -1.06. The zero-order valence-corrected chi connectivity index (χ0v) is 12.2. The Kier molecular flexibility index (Phi) is 4.54. The van der Waals surface area contributed by atoms with E-state index in [-0.39, 0.29) is 36.4 Å². The molecule has 2 saturated heterocycles. The van der Waals surface area contributed by atoms with Crippen molar-refractivity contribution in [2.75, 3.05) is 6.61 Å². The summed E-state index contributed by atoms with van der Waals surface area (Å²) in [5.74, 6) is -2.56. The first-order valence-corrected chi connectivity index (χ1v) is 6.74. The SMILES string of the molecule is C=C(/C=C1\C(=C)C(=O)N(C2CCC(=O)NC2=O)C1=O)OCC=O. The molecule has 0 aliphatic carbocycles. The Morgan fingerprint density at radius 1 is 1.30 bits per heavy atom. The second-order valence-corrected chi connectivity index (χ2v) is 4.93. The van der Waals surface area contributed by atoms with E-state index >= 15 is 0 Å². The van der Waals surface area contributed by atoms with Gasteiger partial charge in [0, 0.05) is 12.0 Å². The van der Waals surface area contributed by atoms with Gasteiger partial charge in [0.1, 0.15) is 18.4 Å². The molecule has 2 heterocycles. The molecule has 2 fully saturated rings. The molecule has 2 aliphatic heterocycles. The van der Waals surface area contributed by atoms with E-state index in [0.717, 1.165) is 4.90 Å². The highest BCUT2D eigenvalue weighted by atomic mass is 16.5. The number of hydrogen-bond donors (Lipinski definition) is 1. The molecule has 0 aromatic carbocycles. The lowest BCUT2D eigenvalue weighted by Crippen LogP contribution is -2.54.